The number of carbonyl (C=O) groups is 2. The highest BCUT2D eigenvalue weighted by Gasteiger charge is 2.38. The second kappa shape index (κ2) is 10.6. The molecule has 0 aliphatic carbocycles. The standard InChI is InChI=1S/C23H29N3O2.C2HF3O2/c1-16-12-20-13-19(8-9-21(20)28-16)18-6-4-17(5-7-18)14-24-22(27)26-11-10-25-23(2,3)15-26;3-2(4,5)1(6)7/h4-9,13,16,25H,10-12,14-15H2,1-3H3,(H,24,27);(H,6,7). The maximum Gasteiger partial charge on any atom is 0.490 e. The predicted molar refractivity (Wildman–Crippen MR) is 125 cm³/mol. The van der Waals surface area contributed by atoms with Crippen LogP contribution in [0.1, 0.15) is 31.9 Å². The Labute approximate surface area is 202 Å². The van der Waals surface area contributed by atoms with E-state index in [-0.39, 0.29) is 17.7 Å². The Morgan fingerprint density at radius 1 is 1.17 bits per heavy atom. The fraction of sp³-hybridized carbons (Fsp3) is 0.440. The second-order valence-electron chi connectivity index (χ2n) is 9.35. The van der Waals surface area contributed by atoms with Crippen molar-refractivity contribution < 1.29 is 32.6 Å². The summed E-state index contributed by atoms with van der Waals surface area (Å²) in [6, 6.07) is 14.8. The van der Waals surface area contributed by atoms with Crippen molar-refractivity contribution in [3.8, 4) is 16.9 Å². The van der Waals surface area contributed by atoms with Gasteiger partial charge in [0.05, 0.1) is 0 Å². The summed E-state index contributed by atoms with van der Waals surface area (Å²) in [6.07, 6.45) is -3.85. The minimum atomic E-state index is -5.08. The van der Waals surface area contributed by atoms with Crippen LogP contribution < -0.4 is 15.4 Å². The van der Waals surface area contributed by atoms with Crippen LogP contribution in [0.2, 0.25) is 0 Å². The van der Waals surface area contributed by atoms with Crippen molar-refractivity contribution in [1.29, 1.82) is 0 Å². The van der Waals surface area contributed by atoms with E-state index in [4.69, 9.17) is 14.6 Å². The largest absolute Gasteiger partial charge is 0.490 e. The zero-order chi connectivity index (χ0) is 25.8. The van der Waals surface area contributed by atoms with Gasteiger partial charge in [-0.3, -0.25) is 0 Å². The van der Waals surface area contributed by atoms with E-state index in [1.54, 1.807) is 0 Å². The minimum absolute atomic E-state index is 0.00592. The van der Waals surface area contributed by atoms with Crippen molar-refractivity contribution in [1.82, 2.24) is 15.5 Å². The van der Waals surface area contributed by atoms with Gasteiger partial charge in [-0.05, 0) is 55.2 Å². The van der Waals surface area contributed by atoms with Crippen LogP contribution in [0, 0.1) is 0 Å². The molecule has 0 saturated carbocycles. The number of ether oxygens (including phenoxy) is 1. The van der Waals surface area contributed by atoms with Gasteiger partial charge in [-0.2, -0.15) is 13.2 Å². The predicted octanol–water partition coefficient (Wildman–Crippen LogP) is 4.20. The van der Waals surface area contributed by atoms with Crippen molar-refractivity contribution in [2.75, 3.05) is 19.6 Å². The van der Waals surface area contributed by atoms with E-state index in [1.165, 1.54) is 16.7 Å². The fourth-order valence-corrected chi connectivity index (χ4v) is 4.02. The van der Waals surface area contributed by atoms with Crippen LogP contribution in [0.25, 0.3) is 11.1 Å². The number of piperazine rings is 1. The molecule has 2 aliphatic rings. The molecule has 35 heavy (non-hydrogen) atoms. The fourth-order valence-electron chi connectivity index (χ4n) is 4.02. The maximum atomic E-state index is 12.5. The lowest BCUT2D eigenvalue weighted by molar-refractivity contribution is -0.192. The van der Waals surface area contributed by atoms with Crippen LogP contribution in [-0.4, -0.2) is 59.5 Å². The Bertz CT molecular complexity index is 1050. The summed E-state index contributed by atoms with van der Waals surface area (Å²) in [5.41, 5.74) is 4.73. The van der Waals surface area contributed by atoms with Gasteiger partial charge in [-0.25, -0.2) is 9.59 Å². The lowest BCUT2D eigenvalue weighted by atomic mass is 10.00. The lowest BCUT2D eigenvalue weighted by Gasteiger charge is -2.39. The van der Waals surface area contributed by atoms with Gasteiger partial charge >= 0.3 is 18.2 Å². The van der Waals surface area contributed by atoms with Crippen LogP contribution in [0.5, 0.6) is 5.75 Å². The smallest absolute Gasteiger partial charge is 0.490 e. The van der Waals surface area contributed by atoms with Crippen molar-refractivity contribution >= 4 is 12.0 Å². The first kappa shape index (κ1) is 26.3. The van der Waals surface area contributed by atoms with Crippen LogP contribution in [0.15, 0.2) is 42.5 Å². The topological polar surface area (TPSA) is 90.9 Å². The van der Waals surface area contributed by atoms with Gasteiger partial charge in [0.2, 0.25) is 0 Å². The Morgan fingerprint density at radius 2 is 1.80 bits per heavy atom. The number of fused-ring (bicyclic) bond motifs is 1. The van der Waals surface area contributed by atoms with Gasteiger partial charge in [0, 0.05) is 38.1 Å². The Balaban J connectivity index is 0.000000429. The summed E-state index contributed by atoms with van der Waals surface area (Å²) >= 11 is 0. The molecule has 2 aromatic carbocycles. The first-order chi connectivity index (χ1) is 16.3. The molecule has 0 radical (unpaired) electrons. The van der Waals surface area contributed by atoms with E-state index in [2.05, 4.69) is 73.9 Å². The number of urea groups is 1. The number of rotatable bonds is 3. The number of benzene rings is 2. The average molecular weight is 494 g/mol. The van der Waals surface area contributed by atoms with Crippen molar-refractivity contribution in [2.24, 2.45) is 0 Å². The number of nitrogens with one attached hydrogen (secondary N) is 2. The van der Waals surface area contributed by atoms with Crippen LogP contribution in [-0.2, 0) is 17.8 Å². The highest BCUT2D eigenvalue weighted by molar-refractivity contribution is 5.74. The molecular weight excluding hydrogens is 463 g/mol. The van der Waals surface area contributed by atoms with Gasteiger partial charge in [-0.15, -0.1) is 0 Å². The molecule has 10 heteroatoms. The number of amides is 2. The van der Waals surface area contributed by atoms with Crippen LogP contribution in [0.3, 0.4) is 0 Å². The zero-order valence-corrected chi connectivity index (χ0v) is 19.9. The van der Waals surface area contributed by atoms with E-state index >= 15 is 0 Å². The molecule has 2 heterocycles. The summed E-state index contributed by atoms with van der Waals surface area (Å²) in [5, 5.41) is 13.6. The molecule has 2 amide bonds. The molecule has 0 bridgehead atoms. The van der Waals surface area contributed by atoms with Crippen LogP contribution >= 0.6 is 0 Å². The number of hydrogen-bond acceptors (Lipinski definition) is 4. The highest BCUT2D eigenvalue weighted by Crippen LogP contribution is 2.32. The maximum absolute atomic E-state index is 12.5. The molecule has 190 valence electrons. The van der Waals surface area contributed by atoms with E-state index in [0.717, 1.165) is 37.4 Å². The molecule has 1 saturated heterocycles. The summed E-state index contributed by atoms with van der Waals surface area (Å²) < 4.78 is 37.5. The molecule has 4 rings (SSSR count). The van der Waals surface area contributed by atoms with Crippen molar-refractivity contribution in [3.63, 3.8) is 0 Å². The van der Waals surface area contributed by atoms with Gasteiger partial charge in [0.15, 0.2) is 0 Å². The molecule has 1 unspecified atom stereocenters. The number of hydrogen-bond donors (Lipinski definition) is 3. The molecule has 0 spiro atoms. The monoisotopic (exact) mass is 493 g/mol. The number of aliphatic carboxylic acids is 1. The first-order valence-electron chi connectivity index (χ1n) is 11.3. The molecule has 1 atom stereocenters. The third kappa shape index (κ3) is 7.35. The summed E-state index contributed by atoms with van der Waals surface area (Å²) in [6.45, 7) is 9.18. The molecule has 2 aromatic rings. The Kier molecular flexibility index (Phi) is 7.94. The summed E-state index contributed by atoms with van der Waals surface area (Å²) in [7, 11) is 0. The lowest BCUT2D eigenvalue weighted by Crippen LogP contribution is -2.59. The van der Waals surface area contributed by atoms with E-state index in [1.807, 2.05) is 4.90 Å². The normalized spacial score (nSPS) is 18.6. The molecule has 1 fully saturated rings. The molecule has 0 aromatic heterocycles. The number of carbonyl (C=O) groups excluding carboxylic acids is 1. The molecular formula is C25H30F3N3O4. The van der Waals surface area contributed by atoms with Gasteiger partial charge in [0.1, 0.15) is 11.9 Å². The Morgan fingerprint density at radius 3 is 2.40 bits per heavy atom. The quantitative estimate of drug-likeness (QED) is 0.596. The Hall–Kier alpha value is -3.27. The van der Waals surface area contributed by atoms with E-state index < -0.39 is 12.1 Å². The van der Waals surface area contributed by atoms with Crippen molar-refractivity contribution in [2.45, 2.75) is 51.6 Å². The summed E-state index contributed by atoms with van der Waals surface area (Å²) in [4.78, 5) is 23.2. The van der Waals surface area contributed by atoms with Crippen LogP contribution in [0.4, 0.5) is 18.0 Å². The second-order valence-corrected chi connectivity index (χ2v) is 9.35. The third-order valence-electron chi connectivity index (χ3n) is 5.73. The first-order valence-corrected chi connectivity index (χ1v) is 11.3. The number of carboxylic acid groups (broad SMARTS) is 1. The summed E-state index contributed by atoms with van der Waals surface area (Å²) in [5.74, 6) is -1.75. The molecule has 3 N–H and O–H groups in total. The van der Waals surface area contributed by atoms with E-state index in [9.17, 15) is 18.0 Å². The zero-order valence-electron chi connectivity index (χ0n) is 19.9. The number of alkyl halides is 3. The molecule has 2 aliphatic heterocycles. The average Bonchev–Trinajstić information content (AvgIpc) is 3.16. The molecule has 7 nitrogen and oxygen atoms in total. The highest BCUT2D eigenvalue weighted by atomic mass is 19.4. The number of carboxylic acids is 1. The van der Waals surface area contributed by atoms with E-state index in [0.29, 0.717) is 6.54 Å². The van der Waals surface area contributed by atoms with Gasteiger partial charge in [-0.1, -0.05) is 30.3 Å². The number of nitrogens with zero attached hydrogens (tertiary/aromatic N) is 1. The minimum Gasteiger partial charge on any atom is -0.490 e. The SMILES string of the molecule is CC1Cc2cc(-c3ccc(CNC(=O)N4CCNC(C)(C)C4)cc3)ccc2O1.O=C(O)C(F)(F)F. The number of halogens is 3. The third-order valence-corrected chi connectivity index (χ3v) is 5.73. The van der Waals surface area contributed by atoms with Gasteiger partial charge < -0.3 is 25.4 Å². The van der Waals surface area contributed by atoms with Gasteiger partial charge in [0.25, 0.3) is 0 Å². The van der Waals surface area contributed by atoms with Crippen molar-refractivity contribution in [3.05, 3.63) is 53.6 Å².